The number of hydrogen-bond acceptors (Lipinski definition) is 3. The molecule has 2 N–H and O–H groups in total. The van der Waals surface area contributed by atoms with E-state index in [0.29, 0.717) is 0 Å². The van der Waals surface area contributed by atoms with Crippen molar-refractivity contribution in [3.8, 4) is 0 Å². The zero-order chi connectivity index (χ0) is 13.0. The fraction of sp³-hybridized carbons (Fsp3) is 0.429. The molecule has 1 atom stereocenters. The van der Waals surface area contributed by atoms with Crippen molar-refractivity contribution in [2.45, 2.75) is 39.3 Å². The lowest BCUT2D eigenvalue weighted by Gasteiger charge is -2.15. The van der Waals surface area contributed by atoms with Gasteiger partial charge < -0.3 is 10.3 Å². The molecule has 18 heavy (non-hydrogen) atoms. The molecule has 0 aliphatic heterocycles. The molecule has 0 bridgehead atoms. The molecule has 1 unspecified atom stereocenters. The van der Waals surface area contributed by atoms with Crippen LogP contribution in [0.4, 0.5) is 0 Å². The van der Waals surface area contributed by atoms with Gasteiger partial charge in [0.2, 0.25) is 0 Å². The molecule has 2 heterocycles. The third-order valence-electron chi connectivity index (χ3n) is 3.27. The molecule has 0 aliphatic carbocycles. The highest BCUT2D eigenvalue weighted by atomic mass is 15.1. The SMILES string of the molecule is CCc1cnccc1C(N)Cc1nccn1CC. The van der Waals surface area contributed by atoms with E-state index in [1.807, 2.05) is 24.7 Å². The molecule has 2 aromatic rings. The Morgan fingerprint density at radius 3 is 2.89 bits per heavy atom. The second-order valence-electron chi connectivity index (χ2n) is 4.37. The van der Waals surface area contributed by atoms with Crippen molar-refractivity contribution in [2.75, 3.05) is 0 Å². The molecular formula is C14H20N4. The largest absolute Gasteiger partial charge is 0.335 e. The van der Waals surface area contributed by atoms with E-state index in [4.69, 9.17) is 5.73 Å². The first-order valence-corrected chi connectivity index (χ1v) is 6.44. The van der Waals surface area contributed by atoms with Crippen LogP contribution in [0.2, 0.25) is 0 Å². The summed E-state index contributed by atoms with van der Waals surface area (Å²) in [6, 6.07) is 2.00. The number of pyridine rings is 1. The molecule has 0 amide bonds. The molecule has 0 radical (unpaired) electrons. The summed E-state index contributed by atoms with van der Waals surface area (Å²) >= 11 is 0. The Balaban J connectivity index is 2.19. The summed E-state index contributed by atoms with van der Waals surface area (Å²) in [4.78, 5) is 8.53. The van der Waals surface area contributed by atoms with Crippen molar-refractivity contribution < 1.29 is 0 Å². The fourth-order valence-electron chi connectivity index (χ4n) is 2.22. The lowest BCUT2D eigenvalue weighted by Crippen LogP contribution is -2.18. The number of imidazole rings is 1. The van der Waals surface area contributed by atoms with Gasteiger partial charge in [0.05, 0.1) is 0 Å². The van der Waals surface area contributed by atoms with Gasteiger partial charge in [0.1, 0.15) is 5.82 Å². The molecule has 0 saturated carbocycles. The van der Waals surface area contributed by atoms with E-state index in [9.17, 15) is 0 Å². The van der Waals surface area contributed by atoms with E-state index in [2.05, 4.69) is 28.4 Å². The van der Waals surface area contributed by atoms with Crippen molar-refractivity contribution >= 4 is 0 Å². The number of nitrogens with two attached hydrogens (primary N) is 1. The molecular weight excluding hydrogens is 224 g/mol. The summed E-state index contributed by atoms with van der Waals surface area (Å²) in [6.45, 7) is 5.17. The standard InChI is InChI=1S/C14H20N4/c1-3-11-10-16-6-5-12(11)13(15)9-14-17-7-8-18(14)4-2/h5-8,10,13H,3-4,9,15H2,1-2H3. The van der Waals surface area contributed by atoms with Crippen LogP contribution in [-0.2, 0) is 19.4 Å². The topological polar surface area (TPSA) is 56.7 Å². The molecule has 0 spiro atoms. The van der Waals surface area contributed by atoms with E-state index in [-0.39, 0.29) is 6.04 Å². The number of rotatable bonds is 5. The maximum absolute atomic E-state index is 6.31. The van der Waals surface area contributed by atoms with Gasteiger partial charge in [0, 0.05) is 43.8 Å². The third kappa shape index (κ3) is 2.59. The first-order chi connectivity index (χ1) is 8.76. The van der Waals surface area contributed by atoms with E-state index in [0.717, 1.165) is 25.2 Å². The highest BCUT2D eigenvalue weighted by molar-refractivity contribution is 5.27. The molecule has 4 heteroatoms. The van der Waals surface area contributed by atoms with Crippen molar-refractivity contribution in [3.63, 3.8) is 0 Å². The molecule has 0 saturated heterocycles. The summed E-state index contributed by atoms with van der Waals surface area (Å²) in [7, 11) is 0. The normalized spacial score (nSPS) is 12.6. The van der Waals surface area contributed by atoms with Gasteiger partial charge in [-0.3, -0.25) is 4.98 Å². The minimum absolute atomic E-state index is 0.0179. The molecule has 4 nitrogen and oxygen atoms in total. The molecule has 0 fully saturated rings. The van der Waals surface area contributed by atoms with Crippen LogP contribution < -0.4 is 5.73 Å². The van der Waals surface area contributed by atoms with Crippen molar-refractivity contribution in [3.05, 3.63) is 47.8 Å². The average Bonchev–Trinajstić information content (AvgIpc) is 2.85. The summed E-state index contributed by atoms with van der Waals surface area (Å²) in [5.74, 6) is 1.05. The first kappa shape index (κ1) is 12.8. The number of nitrogens with zero attached hydrogens (tertiary/aromatic N) is 3. The van der Waals surface area contributed by atoms with Crippen LogP contribution in [-0.4, -0.2) is 14.5 Å². The Kier molecular flexibility index (Phi) is 4.10. The predicted octanol–water partition coefficient (Wildman–Crippen LogP) is 2.10. The smallest absolute Gasteiger partial charge is 0.110 e. The molecule has 2 aromatic heterocycles. The Bertz CT molecular complexity index is 504. The Hall–Kier alpha value is -1.68. The van der Waals surface area contributed by atoms with Crippen LogP contribution in [0.25, 0.3) is 0 Å². The maximum Gasteiger partial charge on any atom is 0.110 e. The van der Waals surface area contributed by atoms with Crippen LogP contribution in [0.5, 0.6) is 0 Å². The van der Waals surface area contributed by atoms with Crippen LogP contribution in [0.15, 0.2) is 30.9 Å². The van der Waals surface area contributed by atoms with Crippen LogP contribution in [0, 0.1) is 0 Å². The van der Waals surface area contributed by atoms with E-state index in [1.54, 1.807) is 6.20 Å². The van der Waals surface area contributed by atoms with E-state index >= 15 is 0 Å². The predicted molar refractivity (Wildman–Crippen MR) is 72.1 cm³/mol. The van der Waals surface area contributed by atoms with Gasteiger partial charge in [0.15, 0.2) is 0 Å². The monoisotopic (exact) mass is 244 g/mol. The van der Waals surface area contributed by atoms with Crippen molar-refractivity contribution in [1.82, 2.24) is 14.5 Å². The van der Waals surface area contributed by atoms with Gasteiger partial charge in [-0.25, -0.2) is 4.98 Å². The number of aromatic nitrogens is 3. The zero-order valence-corrected chi connectivity index (χ0v) is 11.0. The first-order valence-electron chi connectivity index (χ1n) is 6.44. The average molecular weight is 244 g/mol. The maximum atomic E-state index is 6.31. The lowest BCUT2D eigenvalue weighted by molar-refractivity contribution is 0.624. The van der Waals surface area contributed by atoms with Crippen molar-refractivity contribution in [2.24, 2.45) is 5.73 Å². The molecule has 2 rings (SSSR count). The Morgan fingerprint density at radius 1 is 1.33 bits per heavy atom. The zero-order valence-electron chi connectivity index (χ0n) is 11.0. The fourth-order valence-corrected chi connectivity index (χ4v) is 2.22. The number of aryl methyl sites for hydroxylation is 2. The minimum atomic E-state index is -0.0179. The molecule has 0 aliphatic rings. The Labute approximate surface area is 108 Å². The van der Waals surface area contributed by atoms with Crippen LogP contribution in [0.3, 0.4) is 0 Å². The highest BCUT2D eigenvalue weighted by Gasteiger charge is 2.13. The number of hydrogen-bond donors (Lipinski definition) is 1. The van der Waals surface area contributed by atoms with Gasteiger partial charge >= 0.3 is 0 Å². The summed E-state index contributed by atoms with van der Waals surface area (Å²) in [5.41, 5.74) is 8.71. The van der Waals surface area contributed by atoms with E-state index < -0.39 is 0 Å². The lowest BCUT2D eigenvalue weighted by atomic mass is 9.99. The second-order valence-corrected chi connectivity index (χ2v) is 4.37. The summed E-state index contributed by atoms with van der Waals surface area (Å²) < 4.78 is 2.13. The van der Waals surface area contributed by atoms with Crippen LogP contribution in [0.1, 0.15) is 36.8 Å². The summed E-state index contributed by atoms with van der Waals surface area (Å²) in [6.07, 6.45) is 9.26. The quantitative estimate of drug-likeness (QED) is 0.876. The molecule has 96 valence electrons. The Morgan fingerprint density at radius 2 is 2.17 bits per heavy atom. The van der Waals surface area contributed by atoms with Gasteiger partial charge in [-0.05, 0) is 30.5 Å². The molecule has 0 aromatic carbocycles. The minimum Gasteiger partial charge on any atom is -0.335 e. The van der Waals surface area contributed by atoms with Gasteiger partial charge in [-0.15, -0.1) is 0 Å². The second kappa shape index (κ2) is 5.78. The summed E-state index contributed by atoms with van der Waals surface area (Å²) in [5, 5.41) is 0. The van der Waals surface area contributed by atoms with Gasteiger partial charge in [-0.1, -0.05) is 6.92 Å². The highest BCUT2D eigenvalue weighted by Crippen LogP contribution is 2.19. The van der Waals surface area contributed by atoms with Gasteiger partial charge in [0.25, 0.3) is 0 Å². The third-order valence-corrected chi connectivity index (χ3v) is 3.27. The van der Waals surface area contributed by atoms with Crippen LogP contribution >= 0.6 is 0 Å². The van der Waals surface area contributed by atoms with Crippen molar-refractivity contribution in [1.29, 1.82) is 0 Å². The van der Waals surface area contributed by atoms with Gasteiger partial charge in [-0.2, -0.15) is 0 Å². The van der Waals surface area contributed by atoms with E-state index in [1.165, 1.54) is 11.1 Å².